The number of rotatable bonds is 6. The monoisotopic (exact) mass is 455 g/mol. The maximum absolute atomic E-state index is 12.8. The zero-order chi connectivity index (χ0) is 22.7. The van der Waals surface area contributed by atoms with Crippen LogP contribution in [0.2, 0.25) is 0 Å². The first-order valence-electron chi connectivity index (χ1n) is 10.5. The van der Waals surface area contributed by atoms with Crippen molar-refractivity contribution in [3.8, 4) is 0 Å². The predicted molar refractivity (Wildman–Crippen MR) is 120 cm³/mol. The molecule has 1 aliphatic heterocycles. The van der Waals surface area contributed by atoms with Gasteiger partial charge in [-0.3, -0.25) is 9.59 Å². The van der Waals surface area contributed by atoms with Crippen LogP contribution in [-0.4, -0.2) is 36.3 Å². The van der Waals surface area contributed by atoms with E-state index in [0.717, 1.165) is 12.8 Å². The summed E-state index contributed by atoms with van der Waals surface area (Å²) >= 11 is 0. The summed E-state index contributed by atoms with van der Waals surface area (Å²) < 4.78 is 34.2. The van der Waals surface area contributed by atoms with Gasteiger partial charge in [-0.05, 0) is 61.2 Å². The van der Waals surface area contributed by atoms with E-state index in [1.54, 1.807) is 36.5 Å². The fourth-order valence-corrected chi connectivity index (χ4v) is 5.09. The van der Waals surface area contributed by atoms with Gasteiger partial charge in [0.15, 0.2) is 5.76 Å². The molecule has 1 aliphatic rings. The number of nitrogens with one attached hydrogen (secondary N) is 1. The lowest BCUT2D eigenvalue weighted by Gasteiger charge is -2.29. The van der Waals surface area contributed by atoms with Crippen molar-refractivity contribution in [3.05, 3.63) is 82.7 Å². The van der Waals surface area contributed by atoms with E-state index in [4.69, 9.17) is 4.42 Å². The summed E-state index contributed by atoms with van der Waals surface area (Å²) in [4.78, 5) is 24.5. The molecule has 1 fully saturated rings. The molecule has 0 unspecified atom stereocenters. The van der Waals surface area contributed by atoms with Crippen molar-refractivity contribution in [1.29, 1.82) is 0 Å². The summed E-state index contributed by atoms with van der Waals surface area (Å²) in [5.74, 6) is 0.649. The quantitative estimate of drug-likeness (QED) is 0.615. The maximum atomic E-state index is 12.8. The summed E-state index contributed by atoms with van der Waals surface area (Å²) in [6.07, 6.45) is 3.36. The van der Waals surface area contributed by atoms with Crippen LogP contribution in [0, 0.1) is 5.92 Å². The van der Waals surface area contributed by atoms with E-state index >= 15 is 0 Å². The summed E-state index contributed by atoms with van der Waals surface area (Å²) in [5, 5.41) is 2.70. The largest absolute Gasteiger partial charge is 0.454 e. The molecule has 8 nitrogen and oxygen atoms in total. The number of aromatic nitrogens is 1. The van der Waals surface area contributed by atoms with Crippen molar-refractivity contribution in [2.24, 2.45) is 5.92 Å². The number of furan rings is 1. The van der Waals surface area contributed by atoms with E-state index in [9.17, 15) is 18.0 Å². The number of benzene rings is 1. The molecule has 3 heterocycles. The van der Waals surface area contributed by atoms with E-state index < -0.39 is 15.9 Å². The smallest absolute Gasteiger partial charge is 0.291 e. The Balaban J connectivity index is 1.40. The zero-order valence-electron chi connectivity index (χ0n) is 17.7. The molecule has 0 saturated carbocycles. The highest BCUT2D eigenvalue weighted by Gasteiger charge is 2.28. The fraction of sp³-hybridized carbons (Fsp3) is 0.304. The molecule has 168 valence electrons. The zero-order valence-corrected chi connectivity index (χ0v) is 18.5. The molecule has 9 heteroatoms. The second kappa shape index (κ2) is 9.13. The molecule has 1 aromatic carbocycles. The molecule has 0 atom stereocenters. The molecule has 4 rings (SSSR count). The summed E-state index contributed by atoms with van der Waals surface area (Å²) in [7, 11) is -3.54. The second-order valence-electron chi connectivity index (χ2n) is 8.00. The van der Waals surface area contributed by atoms with Crippen LogP contribution in [0.25, 0.3) is 0 Å². The van der Waals surface area contributed by atoms with E-state index in [1.807, 2.05) is 0 Å². The molecule has 0 spiro atoms. The van der Waals surface area contributed by atoms with Gasteiger partial charge in [-0.2, -0.15) is 4.31 Å². The van der Waals surface area contributed by atoms with Crippen LogP contribution in [0.1, 0.15) is 36.1 Å². The third-order valence-corrected chi connectivity index (χ3v) is 7.52. The van der Waals surface area contributed by atoms with Crippen molar-refractivity contribution in [2.45, 2.75) is 31.2 Å². The average Bonchev–Trinajstić information content (AvgIpc) is 3.25. The SMILES string of the molecule is CC1CCN(S(=O)(=O)c2ccc(NC(=O)c3ccc(Cn4ccccc4=O)o3)cc2)CC1. The first kappa shape index (κ1) is 22.0. The van der Waals surface area contributed by atoms with Crippen LogP contribution in [-0.2, 0) is 16.6 Å². The number of pyridine rings is 1. The minimum Gasteiger partial charge on any atom is -0.454 e. The number of nitrogens with zero attached hydrogens (tertiary/aromatic N) is 2. The third-order valence-electron chi connectivity index (χ3n) is 5.60. The minimum atomic E-state index is -3.54. The van der Waals surface area contributed by atoms with Gasteiger partial charge in [0.2, 0.25) is 10.0 Å². The topological polar surface area (TPSA) is 102 Å². The third kappa shape index (κ3) is 4.84. The van der Waals surface area contributed by atoms with Gasteiger partial charge in [0.05, 0.1) is 11.4 Å². The number of carbonyl (C=O) groups is 1. The van der Waals surface area contributed by atoms with E-state index in [2.05, 4.69) is 12.2 Å². The normalized spacial score (nSPS) is 15.5. The first-order chi connectivity index (χ1) is 15.3. The second-order valence-corrected chi connectivity index (χ2v) is 9.94. The Bertz CT molecular complexity index is 1250. The van der Waals surface area contributed by atoms with Gasteiger partial charge >= 0.3 is 0 Å². The molecule has 32 heavy (non-hydrogen) atoms. The first-order valence-corrected chi connectivity index (χ1v) is 11.9. The van der Waals surface area contributed by atoms with Crippen LogP contribution >= 0.6 is 0 Å². The van der Waals surface area contributed by atoms with Crippen LogP contribution < -0.4 is 10.9 Å². The molecular weight excluding hydrogens is 430 g/mol. The summed E-state index contributed by atoms with van der Waals surface area (Å²) in [6.45, 7) is 3.40. The lowest BCUT2D eigenvalue weighted by atomic mass is 10.0. The van der Waals surface area contributed by atoms with Gasteiger partial charge in [-0.1, -0.05) is 13.0 Å². The summed E-state index contributed by atoms with van der Waals surface area (Å²) in [5.41, 5.74) is 0.294. The number of carbonyl (C=O) groups excluding carboxylic acids is 1. The van der Waals surface area contributed by atoms with Crippen LogP contribution in [0.4, 0.5) is 5.69 Å². The van der Waals surface area contributed by atoms with Crippen LogP contribution in [0.15, 0.2) is 74.9 Å². The standard InChI is InChI=1S/C23H25N3O5S/c1-17-11-14-26(15-12-17)32(29,30)20-8-5-18(6-9-20)24-23(28)21-10-7-19(31-21)16-25-13-3-2-4-22(25)27/h2-10,13,17H,11-12,14-16H2,1H3,(H,24,28). The van der Waals surface area contributed by atoms with Crippen molar-refractivity contribution >= 4 is 21.6 Å². The van der Waals surface area contributed by atoms with E-state index in [1.165, 1.54) is 33.1 Å². The number of hydrogen-bond donors (Lipinski definition) is 1. The Morgan fingerprint density at radius 3 is 2.47 bits per heavy atom. The number of anilines is 1. The Morgan fingerprint density at radius 1 is 1.06 bits per heavy atom. The highest BCUT2D eigenvalue weighted by molar-refractivity contribution is 7.89. The summed E-state index contributed by atoms with van der Waals surface area (Å²) in [6, 6.07) is 14.1. The van der Waals surface area contributed by atoms with Crippen molar-refractivity contribution < 1.29 is 17.6 Å². The van der Waals surface area contributed by atoms with Gasteiger partial charge in [-0.15, -0.1) is 0 Å². The Kier molecular flexibility index (Phi) is 6.29. The van der Waals surface area contributed by atoms with Crippen LogP contribution in [0.5, 0.6) is 0 Å². The van der Waals surface area contributed by atoms with Gasteiger partial charge < -0.3 is 14.3 Å². The number of piperidine rings is 1. The number of amides is 1. The van der Waals surface area contributed by atoms with Crippen molar-refractivity contribution in [3.63, 3.8) is 0 Å². The molecular formula is C23H25N3O5S. The maximum Gasteiger partial charge on any atom is 0.291 e. The Labute approximate surface area is 186 Å². The molecule has 0 bridgehead atoms. The van der Waals surface area contributed by atoms with Gasteiger partial charge in [0, 0.05) is 31.0 Å². The molecule has 1 amide bonds. The van der Waals surface area contributed by atoms with E-state index in [0.29, 0.717) is 30.5 Å². The lowest BCUT2D eigenvalue weighted by molar-refractivity contribution is 0.0994. The molecule has 0 radical (unpaired) electrons. The Hall–Kier alpha value is -3.17. The highest BCUT2D eigenvalue weighted by Crippen LogP contribution is 2.24. The van der Waals surface area contributed by atoms with Gasteiger partial charge in [-0.25, -0.2) is 8.42 Å². The number of hydrogen-bond acceptors (Lipinski definition) is 5. The van der Waals surface area contributed by atoms with Crippen LogP contribution in [0.3, 0.4) is 0 Å². The lowest BCUT2D eigenvalue weighted by Crippen LogP contribution is -2.37. The van der Waals surface area contributed by atoms with Gasteiger partial charge in [0.1, 0.15) is 5.76 Å². The highest BCUT2D eigenvalue weighted by atomic mass is 32.2. The molecule has 0 aliphatic carbocycles. The van der Waals surface area contributed by atoms with Crippen molar-refractivity contribution in [2.75, 3.05) is 18.4 Å². The number of sulfonamides is 1. The average molecular weight is 456 g/mol. The molecule has 1 saturated heterocycles. The molecule has 1 N–H and O–H groups in total. The van der Waals surface area contributed by atoms with Crippen molar-refractivity contribution in [1.82, 2.24) is 8.87 Å². The molecule has 2 aromatic heterocycles. The Morgan fingerprint density at radius 2 is 1.78 bits per heavy atom. The fourth-order valence-electron chi connectivity index (χ4n) is 3.62. The predicted octanol–water partition coefficient (Wildman–Crippen LogP) is 3.16. The van der Waals surface area contributed by atoms with Gasteiger partial charge in [0.25, 0.3) is 11.5 Å². The minimum absolute atomic E-state index is 0.100. The van der Waals surface area contributed by atoms with E-state index in [-0.39, 0.29) is 22.8 Å². The molecule has 3 aromatic rings.